The molecule has 4 nitrogen and oxygen atoms in total. The molecule has 37 heavy (non-hydrogen) atoms. The Bertz CT molecular complexity index is 1200. The fourth-order valence-corrected chi connectivity index (χ4v) is 11.4. The number of fused-ring (bicyclic) bond motifs is 8. The van der Waals surface area contributed by atoms with E-state index in [1.54, 1.807) is 6.20 Å². The minimum atomic E-state index is -0.573. The number of aliphatic carboxylic acids is 1. The van der Waals surface area contributed by atoms with E-state index >= 15 is 0 Å². The molecule has 3 fully saturated rings. The van der Waals surface area contributed by atoms with E-state index < -0.39 is 11.4 Å². The average molecular weight is 504 g/mol. The lowest BCUT2D eigenvalue weighted by atomic mass is 9.33. The van der Waals surface area contributed by atoms with Gasteiger partial charge in [0.15, 0.2) is 6.29 Å². The maximum Gasteiger partial charge on any atom is 0.310 e. The summed E-state index contributed by atoms with van der Waals surface area (Å²) >= 11 is 0. The summed E-state index contributed by atoms with van der Waals surface area (Å²) in [6, 6.07) is 2.10. The number of aromatic nitrogens is 1. The Morgan fingerprint density at radius 1 is 1.05 bits per heavy atom. The molecule has 3 saturated carbocycles. The summed E-state index contributed by atoms with van der Waals surface area (Å²) in [5.41, 5.74) is 4.27. The minimum absolute atomic E-state index is 0.0342. The van der Waals surface area contributed by atoms with Crippen molar-refractivity contribution in [3.8, 4) is 0 Å². The molecule has 1 aromatic heterocycles. The molecule has 0 radical (unpaired) electrons. The lowest BCUT2D eigenvalue weighted by Gasteiger charge is -2.70. The number of hydrogen-bond acceptors (Lipinski definition) is 3. The molecule has 200 valence electrons. The van der Waals surface area contributed by atoms with Crippen LogP contribution in [0.25, 0.3) is 0 Å². The van der Waals surface area contributed by atoms with E-state index in [2.05, 4.69) is 53.7 Å². The topological polar surface area (TPSA) is 67.3 Å². The minimum Gasteiger partial charge on any atom is -0.481 e. The van der Waals surface area contributed by atoms with Gasteiger partial charge in [0.05, 0.1) is 5.41 Å². The first-order valence-corrected chi connectivity index (χ1v) is 14.7. The Balaban J connectivity index is 1.48. The van der Waals surface area contributed by atoms with Crippen LogP contribution in [0.1, 0.15) is 115 Å². The van der Waals surface area contributed by atoms with Crippen LogP contribution in [0, 0.1) is 45.3 Å². The molecule has 0 saturated heterocycles. The van der Waals surface area contributed by atoms with Gasteiger partial charge in [-0.25, -0.2) is 0 Å². The smallest absolute Gasteiger partial charge is 0.310 e. The summed E-state index contributed by atoms with van der Waals surface area (Å²) < 4.78 is 0. The molecular formula is C33H45NO3. The molecule has 0 bridgehead atoms. The lowest BCUT2D eigenvalue weighted by Crippen LogP contribution is -2.65. The molecule has 4 heteroatoms. The molecule has 1 heterocycles. The quantitative estimate of drug-likeness (QED) is 0.337. The van der Waals surface area contributed by atoms with E-state index in [4.69, 9.17) is 4.98 Å². The maximum atomic E-state index is 12.8. The highest BCUT2D eigenvalue weighted by molar-refractivity contribution is 5.77. The molecule has 1 aromatic rings. The van der Waals surface area contributed by atoms with Crippen LogP contribution in [0.5, 0.6) is 0 Å². The van der Waals surface area contributed by atoms with Gasteiger partial charge in [0.1, 0.15) is 0 Å². The van der Waals surface area contributed by atoms with Gasteiger partial charge in [0.2, 0.25) is 0 Å². The normalized spacial score (nSPS) is 45.7. The number of carbonyl (C=O) groups is 2. The zero-order chi connectivity index (χ0) is 26.6. The highest BCUT2D eigenvalue weighted by Crippen LogP contribution is 2.75. The number of carboxylic acids is 1. The highest BCUT2D eigenvalue weighted by atomic mass is 16.4. The third kappa shape index (κ3) is 2.99. The van der Waals surface area contributed by atoms with Crippen LogP contribution in [0.3, 0.4) is 0 Å². The molecule has 0 spiro atoms. The Kier molecular flexibility index (Phi) is 5.33. The van der Waals surface area contributed by atoms with Gasteiger partial charge in [-0.1, -0.05) is 66.0 Å². The zero-order valence-electron chi connectivity index (χ0n) is 23.7. The van der Waals surface area contributed by atoms with Crippen LogP contribution in [0.2, 0.25) is 0 Å². The standard InChI is InChI=1S/C33H45NO3/c1-20-8-7-12-33(28(36)37)15-14-31(5)23(26(20)33)9-10-25-30(4)17-22-16-21(19-35)18-34-27(22)29(2,3)24(30)11-13-32(25,31)6/h9,16,18-20,24-26H,7-8,10-15,17H2,1-6H3,(H,36,37)/t20-,24-,25+,26-,30-,31+,32+,33-/m0/s1. The maximum absolute atomic E-state index is 12.8. The lowest BCUT2D eigenvalue weighted by molar-refractivity contribution is -0.177. The van der Waals surface area contributed by atoms with E-state index in [0.717, 1.165) is 51.2 Å². The molecular weight excluding hydrogens is 458 g/mol. The number of carboxylic acid groups (broad SMARTS) is 1. The van der Waals surface area contributed by atoms with Crippen molar-refractivity contribution >= 4 is 12.3 Å². The van der Waals surface area contributed by atoms with E-state index in [1.165, 1.54) is 29.7 Å². The van der Waals surface area contributed by atoms with E-state index in [1.807, 2.05) is 0 Å². The van der Waals surface area contributed by atoms with Gasteiger partial charge in [0, 0.05) is 22.9 Å². The fourth-order valence-electron chi connectivity index (χ4n) is 11.4. The summed E-state index contributed by atoms with van der Waals surface area (Å²) in [6.45, 7) is 14.7. The number of carbonyl (C=O) groups excluding carboxylic acids is 1. The number of allylic oxidation sites excluding steroid dienone is 2. The molecule has 8 atom stereocenters. The highest BCUT2D eigenvalue weighted by Gasteiger charge is 2.69. The Morgan fingerprint density at radius 3 is 2.51 bits per heavy atom. The third-order valence-corrected chi connectivity index (χ3v) is 13.2. The van der Waals surface area contributed by atoms with Gasteiger partial charge < -0.3 is 5.11 Å². The van der Waals surface area contributed by atoms with Crippen molar-refractivity contribution in [3.63, 3.8) is 0 Å². The SMILES string of the molecule is C[C@H]1CCC[C@]2(C(=O)O)CC[C@]3(C)C(=CC[C@@H]4[C@@]5(C)Cc6cc(C=O)cnc6C(C)(C)[C@@H]5CC[C@]43C)[C@H]12. The monoisotopic (exact) mass is 503 g/mol. The summed E-state index contributed by atoms with van der Waals surface area (Å²) in [4.78, 5) is 29.3. The Labute approximate surface area is 222 Å². The Morgan fingerprint density at radius 2 is 1.81 bits per heavy atom. The van der Waals surface area contributed by atoms with Crippen LogP contribution in [0.15, 0.2) is 23.9 Å². The average Bonchev–Trinajstić information content (AvgIpc) is 2.83. The molecule has 0 amide bonds. The zero-order valence-corrected chi connectivity index (χ0v) is 23.7. The van der Waals surface area contributed by atoms with Crippen LogP contribution in [0.4, 0.5) is 0 Å². The second kappa shape index (κ2) is 7.79. The molecule has 0 aromatic carbocycles. The molecule has 0 aliphatic heterocycles. The van der Waals surface area contributed by atoms with E-state index in [9.17, 15) is 14.7 Å². The molecule has 6 rings (SSSR count). The largest absolute Gasteiger partial charge is 0.481 e. The number of rotatable bonds is 2. The van der Waals surface area contributed by atoms with Crippen LogP contribution < -0.4 is 0 Å². The van der Waals surface area contributed by atoms with Crippen molar-refractivity contribution < 1.29 is 14.7 Å². The number of nitrogens with zero attached hydrogens (tertiary/aromatic N) is 1. The van der Waals surface area contributed by atoms with Crippen LogP contribution in [-0.2, 0) is 16.6 Å². The summed E-state index contributed by atoms with van der Waals surface area (Å²) in [7, 11) is 0. The first kappa shape index (κ1) is 25.3. The Hall–Kier alpha value is -1.97. The van der Waals surface area contributed by atoms with Crippen molar-refractivity contribution in [3.05, 3.63) is 40.7 Å². The molecule has 5 aliphatic carbocycles. The van der Waals surface area contributed by atoms with E-state index in [0.29, 0.717) is 23.3 Å². The predicted molar refractivity (Wildman–Crippen MR) is 145 cm³/mol. The first-order chi connectivity index (χ1) is 17.3. The van der Waals surface area contributed by atoms with Gasteiger partial charge in [-0.05, 0) is 96.5 Å². The van der Waals surface area contributed by atoms with Gasteiger partial charge >= 0.3 is 5.97 Å². The summed E-state index contributed by atoms with van der Waals surface area (Å²) in [6.07, 6.45) is 14.4. The number of hydrogen-bond donors (Lipinski definition) is 1. The van der Waals surface area contributed by atoms with E-state index in [-0.39, 0.29) is 27.6 Å². The van der Waals surface area contributed by atoms with Gasteiger partial charge in [-0.15, -0.1) is 0 Å². The first-order valence-electron chi connectivity index (χ1n) is 14.7. The number of pyridine rings is 1. The molecule has 5 aliphatic rings. The van der Waals surface area contributed by atoms with Gasteiger partial charge in [-0.2, -0.15) is 0 Å². The van der Waals surface area contributed by atoms with Crippen molar-refractivity contribution in [1.29, 1.82) is 0 Å². The van der Waals surface area contributed by atoms with Gasteiger partial charge in [0.25, 0.3) is 0 Å². The van der Waals surface area contributed by atoms with Gasteiger partial charge in [-0.3, -0.25) is 14.6 Å². The van der Waals surface area contributed by atoms with Crippen molar-refractivity contribution in [2.45, 2.75) is 105 Å². The second-order valence-corrected chi connectivity index (χ2v) is 14.9. The fraction of sp³-hybridized carbons (Fsp3) is 0.727. The predicted octanol–water partition coefficient (Wildman–Crippen LogP) is 7.40. The molecule has 0 unspecified atom stereocenters. The molecule has 1 N–H and O–H groups in total. The van der Waals surface area contributed by atoms with Crippen molar-refractivity contribution in [2.24, 2.45) is 45.3 Å². The second-order valence-electron chi connectivity index (χ2n) is 14.9. The summed E-state index contributed by atoms with van der Waals surface area (Å²) in [5.74, 6) is 1.10. The van der Waals surface area contributed by atoms with Crippen molar-refractivity contribution in [2.75, 3.05) is 0 Å². The van der Waals surface area contributed by atoms with Crippen molar-refractivity contribution in [1.82, 2.24) is 4.98 Å². The van der Waals surface area contributed by atoms with Crippen LogP contribution in [-0.4, -0.2) is 22.3 Å². The summed E-state index contributed by atoms with van der Waals surface area (Å²) in [5, 5.41) is 10.5. The van der Waals surface area contributed by atoms with Crippen LogP contribution >= 0.6 is 0 Å². The number of aldehydes is 1. The third-order valence-electron chi connectivity index (χ3n) is 13.2.